The van der Waals surface area contributed by atoms with Gasteiger partial charge in [-0.05, 0) is 19.9 Å². The highest BCUT2D eigenvalue weighted by molar-refractivity contribution is 5.50. The maximum atomic E-state index is 3.91. The maximum absolute atomic E-state index is 3.91. The topological polar surface area (TPSA) is 16.1 Å². The number of hydrogen-bond donors (Lipinski definition) is 0. The molecule has 0 atom stereocenters. The van der Waals surface area contributed by atoms with Gasteiger partial charge >= 0.3 is 0 Å². The number of rotatable bonds is 2. The molecule has 0 unspecified atom stereocenters. The molecule has 0 bridgehead atoms. The minimum Gasteiger partial charge on any atom is -0.375 e. The lowest BCUT2D eigenvalue weighted by atomic mass is 10.2. The second kappa shape index (κ2) is 3.37. The number of anilines is 1. The quantitative estimate of drug-likeness (QED) is 0.635. The first-order chi connectivity index (χ1) is 5.25. The summed E-state index contributed by atoms with van der Waals surface area (Å²) in [6.07, 6.45) is 4.70. The van der Waals surface area contributed by atoms with Gasteiger partial charge in [0.15, 0.2) is 0 Å². The fourth-order valence-electron chi connectivity index (χ4n) is 1.01. The minimum atomic E-state index is 1.01. The molecule has 0 aliphatic heterocycles. The molecule has 0 fully saturated rings. The van der Waals surface area contributed by atoms with Gasteiger partial charge in [0.05, 0.1) is 6.20 Å². The van der Waals surface area contributed by atoms with Crippen molar-refractivity contribution in [3.8, 4) is 0 Å². The van der Waals surface area contributed by atoms with Crippen LogP contribution in [0.25, 0.3) is 0 Å². The SMILES string of the molecule is CCN(C)c1ccn[c]c1C. The summed E-state index contributed by atoms with van der Waals surface area (Å²) < 4.78 is 0. The maximum Gasteiger partial charge on any atom is 0.0939 e. The van der Waals surface area contributed by atoms with Crippen LogP contribution in [0.5, 0.6) is 0 Å². The molecule has 0 saturated carbocycles. The third-order valence-electron chi connectivity index (χ3n) is 1.81. The second-order valence-corrected chi connectivity index (χ2v) is 2.58. The molecule has 0 spiro atoms. The van der Waals surface area contributed by atoms with Gasteiger partial charge in [0.2, 0.25) is 0 Å². The third kappa shape index (κ3) is 1.70. The second-order valence-electron chi connectivity index (χ2n) is 2.58. The highest BCUT2D eigenvalue weighted by Crippen LogP contribution is 2.14. The van der Waals surface area contributed by atoms with E-state index in [2.05, 4.69) is 30.1 Å². The number of nitrogens with zero attached hydrogens (tertiary/aromatic N) is 2. The molecule has 0 aromatic carbocycles. The van der Waals surface area contributed by atoms with Crippen LogP contribution in [-0.2, 0) is 0 Å². The van der Waals surface area contributed by atoms with Gasteiger partial charge in [-0.2, -0.15) is 0 Å². The fraction of sp³-hybridized carbons (Fsp3) is 0.444. The van der Waals surface area contributed by atoms with Gasteiger partial charge in [-0.25, -0.2) is 0 Å². The average molecular weight is 149 g/mol. The third-order valence-corrected chi connectivity index (χ3v) is 1.81. The van der Waals surface area contributed by atoms with E-state index in [0.29, 0.717) is 0 Å². The van der Waals surface area contributed by atoms with E-state index in [1.165, 1.54) is 5.69 Å². The predicted molar refractivity (Wildman–Crippen MR) is 46.8 cm³/mol. The first-order valence-electron chi connectivity index (χ1n) is 3.80. The van der Waals surface area contributed by atoms with Crippen molar-refractivity contribution in [1.82, 2.24) is 4.98 Å². The molecule has 11 heavy (non-hydrogen) atoms. The molecular formula is C9H13N2. The van der Waals surface area contributed by atoms with Crippen molar-refractivity contribution < 1.29 is 0 Å². The Balaban J connectivity index is 2.93. The van der Waals surface area contributed by atoms with Crippen LogP contribution in [-0.4, -0.2) is 18.6 Å². The highest BCUT2D eigenvalue weighted by Gasteiger charge is 2.00. The van der Waals surface area contributed by atoms with Gasteiger partial charge < -0.3 is 4.90 Å². The first kappa shape index (κ1) is 8.05. The largest absolute Gasteiger partial charge is 0.375 e. The highest BCUT2D eigenvalue weighted by atomic mass is 15.1. The molecule has 0 saturated heterocycles. The molecule has 0 N–H and O–H groups in total. The van der Waals surface area contributed by atoms with Crippen LogP contribution in [0.1, 0.15) is 12.5 Å². The smallest absolute Gasteiger partial charge is 0.0939 e. The molecule has 1 rings (SSSR count). The summed E-state index contributed by atoms with van der Waals surface area (Å²) >= 11 is 0. The Kier molecular flexibility index (Phi) is 2.47. The monoisotopic (exact) mass is 149 g/mol. The van der Waals surface area contributed by atoms with Crippen LogP contribution in [0.15, 0.2) is 12.3 Å². The predicted octanol–water partition coefficient (Wildman–Crippen LogP) is 1.65. The summed E-state index contributed by atoms with van der Waals surface area (Å²) in [7, 11) is 2.07. The van der Waals surface area contributed by atoms with Crippen LogP contribution >= 0.6 is 0 Å². The van der Waals surface area contributed by atoms with Crippen LogP contribution in [0.3, 0.4) is 0 Å². The first-order valence-corrected chi connectivity index (χ1v) is 3.80. The van der Waals surface area contributed by atoms with Crippen molar-refractivity contribution in [3.63, 3.8) is 0 Å². The lowest BCUT2D eigenvalue weighted by Crippen LogP contribution is -2.16. The van der Waals surface area contributed by atoms with E-state index < -0.39 is 0 Å². The van der Waals surface area contributed by atoms with Crippen LogP contribution in [0, 0.1) is 13.1 Å². The zero-order valence-corrected chi connectivity index (χ0v) is 7.26. The summed E-state index contributed by atoms with van der Waals surface area (Å²) in [6.45, 7) is 5.16. The summed E-state index contributed by atoms with van der Waals surface area (Å²) in [5.74, 6) is 0. The Morgan fingerprint density at radius 3 is 2.91 bits per heavy atom. The Hall–Kier alpha value is -1.05. The molecular weight excluding hydrogens is 136 g/mol. The van der Waals surface area contributed by atoms with Crippen molar-refractivity contribution in [1.29, 1.82) is 0 Å². The van der Waals surface area contributed by atoms with E-state index in [1.54, 1.807) is 6.20 Å². The number of aromatic nitrogens is 1. The Labute approximate surface area is 67.9 Å². The fourth-order valence-corrected chi connectivity index (χ4v) is 1.01. The number of pyridine rings is 1. The molecule has 0 aliphatic carbocycles. The van der Waals surface area contributed by atoms with E-state index >= 15 is 0 Å². The lowest BCUT2D eigenvalue weighted by Gasteiger charge is -2.17. The molecule has 2 nitrogen and oxygen atoms in total. The van der Waals surface area contributed by atoms with Gasteiger partial charge in [0, 0.05) is 31.0 Å². The summed E-state index contributed by atoms with van der Waals surface area (Å²) in [5.41, 5.74) is 2.32. The van der Waals surface area contributed by atoms with Crippen LogP contribution in [0.4, 0.5) is 5.69 Å². The number of hydrogen-bond acceptors (Lipinski definition) is 2. The molecule has 59 valence electrons. The molecule has 2 heteroatoms. The summed E-state index contributed by atoms with van der Waals surface area (Å²) in [6, 6.07) is 2.01. The van der Waals surface area contributed by atoms with E-state index in [1.807, 2.05) is 13.0 Å². The Bertz CT molecular complexity index is 233. The summed E-state index contributed by atoms with van der Waals surface area (Å²) in [4.78, 5) is 6.08. The minimum absolute atomic E-state index is 1.01. The molecule has 0 aliphatic rings. The van der Waals surface area contributed by atoms with Gasteiger partial charge in [-0.3, -0.25) is 4.98 Å². The molecule has 1 aromatic heterocycles. The molecule has 0 amide bonds. The lowest BCUT2D eigenvalue weighted by molar-refractivity contribution is 0.956. The average Bonchev–Trinajstić information content (AvgIpc) is 2.04. The normalized spacial score (nSPS) is 9.73. The van der Waals surface area contributed by atoms with Crippen molar-refractivity contribution in [2.24, 2.45) is 0 Å². The van der Waals surface area contributed by atoms with E-state index in [9.17, 15) is 0 Å². The zero-order chi connectivity index (χ0) is 8.27. The standard InChI is InChI=1S/C9H13N2/c1-4-11(3)9-5-6-10-7-8(9)2/h5-6H,4H2,1-3H3. The van der Waals surface area contributed by atoms with Crippen LogP contribution in [0.2, 0.25) is 0 Å². The van der Waals surface area contributed by atoms with Crippen molar-refractivity contribution >= 4 is 5.69 Å². The van der Waals surface area contributed by atoms with Gasteiger partial charge in [-0.1, -0.05) is 0 Å². The number of aryl methyl sites for hydroxylation is 1. The van der Waals surface area contributed by atoms with Crippen molar-refractivity contribution in [3.05, 3.63) is 24.0 Å². The van der Waals surface area contributed by atoms with Gasteiger partial charge in [0.25, 0.3) is 0 Å². The van der Waals surface area contributed by atoms with Gasteiger partial charge in [-0.15, -0.1) is 0 Å². The molecule has 1 aromatic rings. The van der Waals surface area contributed by atoms with Crippen molar-refractivity contribution in [2.45, 2.75) is 13.8 Å². The Morgan fingerprint density at radius 2 is 2.36 bits per heavy atom. The van der Waals surface area contributed by atoms with E-state index in [4.69, 9.17) is 0 Å². The van der Waals surface area contributed by atoms with Crippen LogP contribution < -0.4 is 4.90 Å². The Morgan fingerprint density at radius 1 is 1.64 bits per heavy atom. The molecule has 1 heterocycles. The van der Waals surface area contributed by atoms with E-state index in [0.717, 1.165) is 12.1 Å². The zero-order valence-electron chi connectivity index (χ0n) is 7.26. The molecule has 1 radical (unpaired) electrons. The van der Waals surface area contributed by atoms with Crippen molar-refractivity contribution in [2.75, 3.05) is 18.5 Å². The van der Waals surface area contributed by atoms with E-state index in [-0.39, 0.29) is 0 Å². The summed E-state index contributed by atoms with van der Waals surface area (Å²) in [5, 5.41) is 0. The van der Waals surface area contributed by atoms with Gasteiger partial charge in [0.1, 0.15) is 0 Å².